The highest BCUT2D eigenvalue weighted by Crippen LogP contribution is 2.24. The average Bonchev–Trinajstić information content (AvgIpc) is 2.92. The smallest absolute Gasteiger partial charge is 0.422 e. The van der Waals surface area contributed by atoms with Gasteiger partial charge in [-0.2, -0.15) is 13.2 Å². The van der Waals surface area contributed by atoms with Crippen molar-refractivity contribution in [2.45, 2.75) is 18.8 Å². The third-order valence-electron chi connectivity index (χ3n) is 6.01. The molecule has 1 aromatic heterocycles. The highest BCUT2D eigenvalue weighted by Gasteiger charge is 2.32. The molecule has 1 N–H and O–H groups in total. The third kappa shape index (κ3) is 7.29. The Bertz CT molecular complexity index is 1180. The first-order chi connectivity index (χ1) is 17.8. The van der Waals surface area contributed by atoms with Gasteiger partial charge in [0, 0.05) is 50.6 Å². The fourth-order valence-corrected chi connectivity index (χ4v) is 4.19. The molecule has 0 unspecified atom stereocenters. The van der Waals surface area contributed by atoms with E-state index < -0.39 is 18.8 Å². The number of rotatable bonds is 8. The topological polar surface area (TPSA) is 74.8 Å². The number of alkyl halides is 3. The van der Waals surface area contributed by atoms with Gasteiger partial charge in [-0.3, -0.25) is 14.5 Å². The van der Waals surface area contributed by atoms with E-state index >= 15 is 0 Å². The minimum absolute atomic E-state index is 0.129. The molecule has 1 saturated heterocycles. The van der Waals surface area contributed by atoms with Crippen molar-refractivity contribution in [2.24, 2.45) is 0 Å². The van der Waals surface area contributed by atoms with E-state index in [-0.39, 0.29) is 23.3 Å². The van der Waals surface area contributed by atoms with Crippen molar-refractivity contribution in [3.05, 3.63) is 95.7 Å². The molecule has 3 aromatic rings. The van der Waals surface area contributed by atoms with Crippen molar-refractivity contribution >= 4 is 11.8 Å². The lowest BCUT2D eigenvalue weighted by Gasteiger charge is -2.38. The zero-order valence-electron chi connectivity index (χ0n) is 20.0. The van der Waals surface area contributed by atoms with E-state index in [0.717, 1.165) is 11.1 Å². The molecular weight excluding hydrogens is 485 g/mol. The zero-order valence-corrected chi connectivity index (χ0v) is 20.0. The van der Waals surface area contributed by atoms with E-state index in [4.69, 9.17) is 0 Å². The minimum Gasteiger partial charge on any atom is -0.468 e. The largest absolute Gasteiger partial charge is 0.468 e. The molecule has 4 rings (SSSR count). The Morgan fingerprint density at radius 2 is 1.59 bits per heavy atom. The van der Waals surface area contributed by atoms with Crippen molar-refractivity contribution in [1.82, 2.24) is 20.1 Å². The molecule has 2 aromatic carbocycles. The Morgan fingerprint density at radius 1 is 0.946 bits per heavy atom. The first-order valence-corrected chi connectivity index (χ1v) is 11.9. The number of hydrogen-bond acceptors (Lipinski definition) is 5. The maximum absolute atomic E-state index is 13.3. The number of carbonyl (C=O) groups excluding carboxylic acids is 2. The summed E-state index contributed by atoms with van der Waals surface area (Å²) in [6.45, 7) is 0.537. The zero-order chi connectivity index (χ0) is 26.3. The SMILES string of the molecule is O=C(NCc1ccccc1)[C@@H](c1ccccc1)N1CCN(C(=O)c2ccnc(OCC(F)(F)F)c2)CC1. The molecule has 1 fully saturated rings. The molecule has 7 nitrogen and oxygen atoms in total. The monoisotopic (exact) mass is 512 g/mol. The lowest BCUT2D eigenvalue weighted by molar-refractivity contribution is -0.154. The van der Waals surface area contributed by atoms with Crippen molar-refractivity contribution < 1.29 is 27.5 Å². The van der Waals surface area contributed by atoms with Gasteiger partial charge in [0.15, 0.2) is 6.61 Å². The number of ether oxygens (including phenoxy) is 1. The maximum atomic E-state index is 13.3. The number of halogens is 3. The summed E-state index contributed by atoms with van der Waals surface area (Å²) in [7, 11) is 0. The molecule has 2 amide bonds. The second-order valence-electron chi connectivity index (χ2n) is 8.63. The van der Waals surface area contributed by atoms with Crippen LogP contribution in [0.1, 0.15) is 27.5 Å². The van der Waals surface area contributed by atoms with Crippen LogP contribution in [-0.2, 0) is 11.3 Å². The van der Waals surface area contributed by atoms with Gasteiger partial charge < -0.3 is 15.0 Å². The third-order valence-corrected chi connectivity index (χ3v) is 6.01. The molecule has 10 heteroatoms. The maximum Gasteiger partial charge on any atom is 0.422 e. The summed E-state index contributed by atoms with van der Waals surface area (Å²) in [6, 6.07) is 21.2. The van der Waals surface area contributed by atoms with Gasteiger partial charge in [-0.1, -0.05) is 60.7 Å². The molecule has 0 saturated carbocycles. The Labute approximate surface area is 212 Å². The van der Waals surface area contributed by atoms with Gasteiger partial charge in [0.1, 0.15) is 6.04 Å². The lowest BCUT2D eigenvalue weighted by Crippen LogP contribution is -2.52. The van der Waals surface area contributed by atoms with Crippen molar-refractivity contribution in [3.8, 4) is 5.88 Å². The summed E-state index contributed by atoms with van der Waals surface area (Å²) in [5.41, 5.74) is 2.04. The van der Waals surface area contributed by atoms with E-state index in [1.54, 1.807) is 4.90 Å². The Balaban J connectivity index is 1.40. The summed E-state index contributed by atoms with van der Waals surface area (Å²) in [4.78, 5) is 33.7. The van der Waals surface area contributed by atoms with Crippen LogP contribution in [0.2, 0.25) is 0 Å². The van der Waals surface area contributed by atoms with Gasteiger partial charge in [-0.25, -0.2) is 4.98 Å². The summed E-state index contributed by atoms with van der Waals surface area (Å²) in [5, 5.41) is 3.02. The number of aromatic nitrogens is 1. The molecule has 1 aliphatic heterocycles. The molecular formula is C27H27F3N4O3. The number of piperazine rings is 1. The first kappa shape index (κ1) is 26.2. The van der Waals surface area contributed by atoms with Gasteiger partial charge in [0.05, 0.1) is 0 Å². The fourth-order valence-electron chi connectivity index (χ4n) is 4.19. The minimum atomic E-state index is -4.50. The normalized spacial score (nSPS) is 15.2. The van der Waals surface area contributed by atoms with E-state index in [9.17, 15) is 22.8 Å². The highest BCUT2D eigenvalue weighted by atomic mass is 19.4. The summed E-state index contributed by atoms with van der Waals surface area (Å²) < 4.78 is 42.0. The predicted molar refractivity (Wildman–Crippen MR) is 131 cm³/mol. The number of nitrogens with one attached hydrogen (secondary N) is 1. The van der Waals surface area contributed by atoms with E-state index in [2.05, 4.69) is 15.0 Å². The van der Waals surface area contributed by atoms with Gasteiger partial charge in [-0.05, 0) is 17.2 Å². The van der Waals surface area contributed by atoms with Crippen LogP contribution in [0.25, 0.3) is 0 Å². The molecule has 37 heavy (non-hydrogen) atoms. The van der Waals surface area contributed by atoms with Gasteiger partial charge >= 0.3 is 6.18 Å². The number of hydrogen-bond donors (Lipinski definition) is 1. The summed E-state index contributed by atoms with van der Waals surface area (Å²) >= 11 is 0. The predicted octanol–water partition coefficient (Wildman–Crippen LogP) is 3.84. The number of pyridine rings is 1. The molecule has 0 bridgehead atoms. The first-order valence-electron chi connectivity index (χ1n) is 11.9. The molecule has 0 aliphatic carbocycles. The number of benzene rings is 2. The second kappa shape index (κ2) is 11.9. The van der Waals surface area contributed by atoms with Crippen molar-refractivity contribution in [1.29, 1.82) is 0 Å². The van der Waals surface area contributed by atoms with Crippen molar-refractivity contribution in [3.63, 3.8) is 0 Å². The van der Waals surface area contributed by atoms with Crippen LogP contribution in [0.4, 0.5) is 13.2 Å². The van der Waals surface area contributed by atoms with Gasteiger partial charge in [0.25, 0.3) is 5.91 Å². The Morgan fingerprint density at radius 3 is 2.24 bits per heavy atom. The molecule has 194 valence electrons. The van der Waals surface area contributed by atoms with E-state index in [0.29, 0.717) is 32.7 Å². The molecule has 0 radical (unpaired) electrons. The molecule has 0 spiro atoms. The highest BCUT2D eigenvalue weighted by molar-refractivity contribution is 5.94. The van der Waals surface area contributed by atoms with Crippen molar-refractivity contribution in [2.75, 3.05) is 32.8 Å². The standard InChI is InChI=1S/C27H27F3N4O3/c28-27(29,30)19-37-23-17-22(11-12-31-23)26(36)34-15-13-33(14-16-34)24(21-9-5-2-6-10-21)25(35)32-18-20-7-3-1-4-8-20/h1-12,17,24H,13-16,18-19H2,(H,32,35)/t24-/m1/s1. The van der Waals surface area contributed by atoms with E-state index in [1.807, 2.05) is 65.6 Å². The average molecular weight is 513 g/mol. The van der Waals surface area contributed by atoms with Gasteiger partial charge in [-0.15, -0.1) is 0 Å². The molecule has 1 aliphatic rings. The van der Waals surface area contributed by atoms with Crippen LogP contribution in [0.5, 0.6) is 5.88 Å². The Kier molecular flexibility index (Phi) is 8.39. The summed E-state index contributed by atoms with van der Waals surface area (Å²) in [6.07, 6.45) is -3.25. The number of amides is 2. The second-order valence-corrected chi connectivity index (χ2v) is 8.63. The molecule has 2 heterocycles. The van der Waals surface area contributed by atoms with Crippen LogP contribution >= 0.6 is 0 Å². The van der Waals surface area contributed by atoms with Crippen LogP contribution in [0, 0.1) is 0 Å². The molecule has 1 atom stereocenters. The quantitative estimate of drug-likeness (QED) is 0.497. The lowest BCUT2D eigenvalue weighted by atomic mass is 10.0. The summed E-state index contributed by atoms with van der Waals surface area (Å²) in [5.74, 6) is -0.722. The Hall–Kier alpha value is -3.92. The van der Waals surface area contributed by atoms with Gasteiger partial charge in [0.2, 0.25) is 11.8 Å². The van der Waals surface area contributed by atoms with Crippen LogP contribution in [0.15, 0.2) is 79.0 Å². The number of nitrogens with zero attached hydrogens (tertiary/aromatic N) is 3. The van der Waals surface area contributed by atoms with Crippen LogP contribution in [0.3, 0.4) is 0 Å². The number of carbonyl (C=O) groups is 2. The van der Waals surface area contributed by atoms with Crippen LogP contribution < -0.4 is 10.1 Å². The van der Waals surface area contributed by atoms with E-state index in [1.165, 1.54) is 18.3 Å². The van der Waals surface area contributed by atoms with Crippen LogP contribution in [-0.4, -0.2) is 65.6 Å². The fraction of sp³-hybridized carbons (Fsp3) is 0.296.